The summed E-state index contributed by atoms with van der Waals surface area (Å²) in [6, 6.07) is 15.3. The molecule has 1 fully saturated rings. The van der Waals surface area contributed by atoms with E-state index in [9.17, 15) is 18.0 Å². The van der Waals surface area contributed by atoms with Crippen molar-refractivity contribution in [3.63, 3.8) is 0 Å². The van der Waals surface area contributed by atoms with Crippen molar-refractivity contribution in [2.75, 3.05) is 16.8 Å². The zero-order chi connectivity index (χ0) is 28.1. The lowest BCUT2D eigenvalue weighted by molar-refractivity contribution is -0.137. The van der Waals surface area contributed by atoms with Crippen LogP contribution >= 0.6 is 12.2 Å². The fourth-order valence-electron chi connectivity index (χ4n) is 5.41. The number of nitrogens with zero attached hydrogens (tertiary/aromatic N) is 1. The number of nitrogens with one attached hydrogen (secondary N) is 2. The zero-order valence-electron chi connectivity index (χ0n) is 21.8. The summed E-state index contributed by atoms with van der Waals surface area (Å²) in [5.41, 5.74) is 1.05. The van der Waals surface area contributed by atoms with Crippen LogP contribution in [0.25, 0.3) is 0 Å². The monoisotopic (exact) mass is 555 g/mol. The molecule has 2 aliphatic rings. The number of ether oxygens (including phenoxy) is 2. The Morgan fingerprint density at radius 2 is 1.90 bits per heavy atom. The maximum Gasteiger partial charge on any atom is 0.416 e. The molecule has 3 aromatic carbocycles. The number of rotatable bonds is 5. The maximum atomic E-state index is 14.0. The molecule has 0 spiro atoms. The van der Waals surface area contributed by atoms with Gasteiger partial charge in [0, 0.05) is 16.9 Å². The first-order valence-corrected chi connectivity index (χ1v) is 13.0. The van der Waals surface area contributed by atoms with E-state index >= 15 is 0 Å². The van der Waals surface area contributed by atoms with E-state index in [1.807, 2.05) is 45.0 Å². The first-order chi connectivity index (χ1) is 18.4. The fraction of sp³-hybridized carbons (Fsp3) is 0.310. The van der Waals surface area contributed by atoms with Crippen LogP contribution in [0.2, 0.25) is 0 Å². The summed E-state index contributed by atoms with van der Waals surface area (Å²) in [6.07, 6.45) is -4.56. The lowest BCUT2D eigenvalue weighted by Crippen LogP contribution is -2.72. The van der Waals surface area contributed by atoms with Crippen LogP contribution in [0.5, 0.6) is 11.5 Å². The molecule has 10 heteroatoms. The third-order valence-corrected chi connectivity index (χ3v) is 7.44. The number of aryl methyl sites for hydroxylation is 2. The average Bonchev–Trinajstić information content (AvgIpc) is 2.85. The Morgan fingerprint density at radius 1 is 1.15 bits per heavy atom. The van der Waals surface area contributed by atoms with Crippen molar-refractivity contribution in [1.82, 2.24) is 5.32 Å². The third-order valence-electron chi connectivity index (χ3n) is 7.14. The summed E-state index contributed by atoms with van der Waals surface area (Å²) in [5, 5.41) is 6.38. The Hall–Kier alpha value is -3.79. The van der Waals surface area contributed by atoms with E-state index in [2.05, 4.69) is 10.6 Å². The predicted molar refractivity (Wildman–Crippen MR) is 147 cm³/mol. The van der Waals surface area contributed by atoms with Gasteiger partial charge in [0.15, 0.2) is 22.3 Å². The average molecular weight is 556 g/mol. The van der Waals surface area contributed by atoms with Crippen LogP contribution in [0.3, 0.4) is 0 Å². The molecule has 2 bridgehead atoms. The van der Waals surface area contributed by atoms with Gasteiger partial charge in [0.1, 0.15) is 5.92 Å². The van der Waals surface area contributed by atoms with Gasteiger partial charge in [-0.1, -0.05) is 35.9 Å². The minimum atomic E-state index is -4.56. The highest BCUT2D eigenvalue weighted by Gasteiger charge is 2.59. The first-order valence-electron chi connectivity index (χ1n) is 12.5. The number of fused-ring (bicyclic) bond motifs is 4. The van der Waals surface area contributed by atoms with Gasteiger partial charge >= 0.3 is 6.18 Å². The number of thiocarbonyl (C=S) groups is 1. The Kier molecular flexibility index (Phi) is 6.70. The standard InChI is InChI=1S/C29H28F3N3O3S/c1-5-37-22-11-7-10-20-24-23(26(36)33-21-13-12-16(2)14-17(21)3)28(4,38-25(20)22)35(27(39)34-24)19-9-6-8-18(15-19)29(30,31)32/h6-15,23-24H,5H2,1-4H3,(H,33,36)(H,34,39)/t23-,24+,28+/m1/s1. The van der Waals surface area contributed by atoms with Crippen LogP contribution in [-0.2, 0) is 11.0 Å². The van der Waals surface area contributed by atoms with Gasteiger partial charge in [-0.2, -0.15) is 13.2 Å². The number of hydrogen-bond acceptors (Lipinski definition) is 4. The van der Waals surface area contributed by atoms with Crippen molar-refractivity contribution < 1.29 is 27.4 Å². The van der Waals surface area contributed by atoms with Gasteiger partial charge in [-0.05, 0) is 75.8 Å². The molecule has 2 N–H and O–H groups in total. The highest BCUT2D eigenvalue weighted by molar-refractivity contribution is 7.80. The molecule has 2 aliphatic heterocycles. The lowest BCUT2D eigenvalue weighted by Gasteiger charge is -2.56. The van der Waals surface area contributed by atoms with Crippen molar-refractivity contribution in [1.29, 1.82) is 0 Å². The molecule has 2 heterocycles. The number of para-hydroxylation sites is 1. The Bertz CT molecular complexity index is 1460. The van der Waals surface area contributed by atoms with Crippen molar-refractivity contribution >= 4 is 34.6 Å². The lowest BCUT2D eigenvalue weighted by atomic mass is 9.78. The SMILES string of the molecule is CCOc1cccc2c1O[C@@]1(C)[C@@H](C(=O)Nc3ccc(C)cc3C)[C@H]2NC(=S)N1c1cccc(C(F)(F)F)c1. The molecule has 3 aromatic rings. The van der Waals surface area contributed by atoms with Crippen LogP contribution < -0.4 is 25.0 Å². The largest absolute Gasteiger partial charge is 0.490 e. The van der Waals surface area contributed by atoms with Crippen molar-refractivity contribution in [3.05, 3.63) is 82.9 Å². The molecule has 0 saturated carbocycles. The summed E-state index contributed by atoms with van der Waals surface area (Å²) < 4.78 is 53.3. The number of carbonyl (C=O) groups is 1. The number of halogens is 3. The second-order valence-electron chi connectivity index (χ2n) is 9.86. The summed E-state index contributed by atoms with van der Waals surface area (Å²) in [6.45, 7) is 7.75. The third kappa shape index (κ3) is 4.67. The van der Waals surface area contributed by atoms with Crippen LogP contribution in [-0.4, -0.2) is 23.4 Å². The number of carbonyl (C=O) groups excluding carboxylic acids is 1. The second kappa shape index (κ2) is 9.75. The molecule has 0 radical (unpaired) electrons. The normalized spacial score (nSPS) is 21.9. The second-order valence-corrected chi connectivity index (χ2v) is 10.2. The van der Waals surface area contributed by atoms with E-state index in [1.165, 1.54) is 17.0 Å². The van der Waals surface area contributed by atoms with Crippen LogP contribution in [0, 0.1) is 19.8 Å². The highest BCUT2D eigenvalue weighted by Crippen LogP contribution is 2.53. The minimum Gasteiger partial charge on any atom is -0.490 e. The van der Waals surface area contributed by atoms with E-state index in [-0.39, 0.29) is 16.7 Å². The topological polar surface area (TPSA) is 62.8 Å². The smallest absolute Gasteiger partial charge is 0.416 e. The van der Waals surface area contributed by atoms with E-state index in [0.717, 1.165) is 23.3 Å². The molecule has 0 aromatic heterocycles. The van der Waals surface area contributed by atoms with E-state index < -0.39 is 29.4 Å². The van der Waals surface area contributed by atoms with Crippen molar-refractivity contribution in [3.8, 4) is 11.5 Å². The highest BCUT2D eigenvalue weighted by atomic mass is 32.1. The predicted octanol–water partition coefficient (Wildman–Crippen LogP) is 6.52. The van der Waals surface area contributed by atoms with E-state index in [4.69, 9.17) is 21.7 Å². The number of amides is 1. The van der Waals surface area contributed by atoms with Gasteiger partial charge in [0.05, 0.1) is 18.2 Å². The molecular formula is C29H28F3N3O3S. The summed E-state index contributed by atoms with van der Waals surface area (Å²) in [5.74, 6) is -0.398. The van der Waals surface area contributed by atoms with Crippen LogP contribution in [0.4, 0.5) is 24.5 Å². The van der Waals surface area contributed by atoms with E-state index in [1.54, 1.807) is 19.1 Å². The number of anilines is 2. The zero-order valence-corrected chi connectivity index (χ0v) is 22.7. The quantitative estimate of drug-likeness (QED) is 0.350. The van der Waals surface area contributed by atoms with Gasteiger partial charge in [-0.15, -0.1) is 0 Å². The van der Waals surface area contributed by atoms with Gasteiger partial charge in [0.25, 0.3) is 0 Å². The molecule has 1 saturated heterocycles. The van der Waals surface area contributed by atoms with Crippen LogP contribution in [0.15, 0.2) is 60.7 Å². The molecular weight excluding hydrogens is 527 g/mol. The molecule has 5 rings (SSSR count). The summed E-state index contributed by atoms with van der Waals surface area (Å²) >= 11 is 5.68. The number of alkyl halides is 3. The molecule has 204 valence electrons. The van der Waals surface area contributed by atoms with Gasteiger partial charge in [-0.25, -0.2) is 0 Å². The minimum absolute atomic E-state index is 0.143. The molecule has 39 heavy (non-hydrogen) atoms. The summed E-state index contributed by atoms with van der Waals surface area (Å²) in [4.78, 5) is 15.5. The number of benzene rings is 3. The van der Waals surface area contributed by atoms with Gasteiger partial charge in [0.2, 0.25) is 5.91 Å². The molecule has 0 unspecified atom stereocenters. The van der Waals surface area contributed by atoms with Gasteiger partial charge < -0.3 is 20.1 Å². The molecule has 6 nitrogen and oxygen atoms in total. The maximum absolute atomic E-state index is 14.0. The molecule has 0 aliphatic carbocycles. The Labute approximate surface area is 230 Å². The Morgan fingerprint density at radius 3 is 2.59 bits per heavy atom. The summed E-state index contributed by atoms with van der Waals surface area (Å²) in [7, 11) is 0. The van der Waals surface area contributed by atoms with Crippen molar-refractivity contribution in [2.45, 2.75) is 45.6 Å². The van der Waals surface area contributed by atoms with Crippen LogP contribution in [0.1, 0.15) is 42.1 Å². The Balaban J connectivity index is 1.66. The number of hydrogen-bond donors (Lipinski definition) is 2. The van der Waals surface area contributed by atoms with E-state index in [0.29, 0.717) is 29.4 Å². The fourth-order valence-corrected chi connectivity index (χ4v) is 5.83. The van der Waals surface area contributed by atoms with Crippen molar-refractivity contribution in [2.24, 2.45) is 5.92 Å². The molecule has 3 atom stereocenters. The molecule has 1 amide bonds. The van der Waals surface area contributed by atoms with Gasteiger partial charge in [-0.3, -0.25) is 9.69 Å². The first kappa shape index (κ1) is 26.8.